The van der Waals surface area contributed by atoms with Crippen molar-refractivity contribution < 1.29 is 14.3 Å². The van der Waals surface area contributed by atoms with Crippen molar-refractivity contribution in [3.63, 3.8) is 0 Å². The van der Waals surface area contributed by atoms with Gasteiger partial charge in [0.2, 0.25) is 0 Å². The van der Waals surface area contributed by atoms with Crippen LogP contribution in [0, 0.1) is 18.3 Å². The maximum atomic E-state index is 11.2. The van der Waals surface area contributed by atoms with Crippen LogP contribution in [-0.2, 0) is 4.79 Å². The number of esters is 1. The third kappa shape index (κ3) is 2.78. The molecule has 0 aliphatic rings. The van der Waals surface area contributed by atoms with Crippen LogP contribution in [-0.4, -0.2) is 24.3 Å². The van der Waals surface area contributed by atoms with Crippen LogP contribution in [0.25, 0.3) is 10.9 Å². The van der Waals surface area contributed by atoms with Crippen LogP contribution in [0.5, 0.6) is 11.5 Å². The number of nitriles is 1. The number of pyridine rings is 1. The van der Waals surface area contributed by atoms with Crippen LogP contribution in [0.1, 0.15) is 18.1 Å². The molecule has 0 aliphatic heterocycles. The van der Waals surface area contributed by atoms with E-state index in [1.54, 1.807) is 12.1 Å². The molecule has 0 saturated carbocycles. The smallest absolute Gasteiger partial charge is 0.308 e. The number of ether oxygens (including phenoxy) is 2. The molecule has 21 heavy (non-hydrogen) atoms. The lowest BCUT2D eigenvalue weighted by molar-refractivity contribution is -0.131. The minimum atomic E-state index is -0.428. The molecule has 0 atom stereocenters. The van der Waals surface area contributed by atoms with Gasteiger partial charge in [-0.2, -0.15) is 5.26 Å². The Hall–Kier alpha value is -2.26. The Bertz CT molecular complexity index is 766. The second-order valence-corrected chi connectivity index (χ2v) is 5.14. The Labute approximate surface area is 126 Å². The molecule has 5 nitrogen and oxygen atoms in total. The molecule has 1 aromatic carbocycles. The molecule has 0 amide bonds. The van der Waals surface area contributed by atoms with Crippen molar-refractivity contribution in [2.45, 2.75) is 18.9 Å². The highest BCUT2D eigenvalue weighted by Crippen LogP contribution is 2.35. The fourth-order valence-corrected chi connectivity index (χ4v) is 2.67. The lowest BCUT2D eigenvalue weighted by Crippen LogP contribution is -2.04. The number of carbonyl (C=O) groups is 1. The number of benzene rings is 1. The van der Waals surface area contributed by atoms with Crippen molar-refractivity contribution in [3.8, 4) is 17.6 Å². The van der Waals surface area contributed by atoms with Gasteiger partial charge in [-0.05, 0) is 24.8 Å². The Morgan fingerprint density at radius 2 is 2.10 bits per heavy atom. The van der Waals surface area contributed by atoms with Gasteiger partial charge in [0.15, 0.2) is 11.5 Å². The fourth-order valence-electron chi connectivity index (χ4n) is 2.08. The molecule has 1 heterocycles. The van der Waals surface area contributed by atoms with Gasteiger partial charge in [-0.3, -0.25) is 4.79 Å². The van der Waals surface area contributed by atoms with Crippen LogP contribution in [0.4, 0.5) is 0 Å². The molecule has 0 aliphatic carbocycles. The van der Waals surface area contributed by atoms with E-state index in [4.69, 9.17) is 9.47 Å². The SMILES string of the molecule is COc1cc2c(C)c(C#N)c(SC)nc2cc1OC(C)=O. The zero-order valence-electron chi connectivity index (χ0n) is 12.2. The summed E-state index contributed by atoms with van der Waals surface area (Å²) in [6.07, 6.45) is 1.87. The molecule has 2 rings (SSSR count). The van der Waals surface area contributed by atoms with Gasteiger partial charge in [-0.15, -0.1) is 11.8 Å². The zero-order chi connectivity index (χ0) is 15.6. The van der Waals surface area contributed by atoms with E-state index in [2.05, 4.69) is 11.1 Å². The predicted octanol–water partition coefficient (Wildman–Crippen LogP) is 3.07. The number of nitrogens with zero attached hydrogens (tertiary/aromatic N) is 2. The van der Waals surface area contributed by atoms with Crippen molar-refractivity contribution in [3.05, 3.63) is 23.3 Å². The van der Waals surface area contributed by atoms with E-state index in [1.807, 2.05) is 13.2 Å². The summed E-state index contributed by atoms with van der Waals surface area (Å²) in [7, 11) is 1.50. The third-order valence-corrected chi connectivity index (χ3v) is 3.74. The molecular formula is C15H14N2O3S. The number of fused-ring (bicyclic) bond motifs is 1. The average molecular weight is 302 g/mol. The van der Waals surface area contributed by atoms with Gasteiger partial charge in [0.05, 0.1) is 18.2 Å². The Morgan fingerprint density at radius 3 is 2.62 bits per heavy atom. The lowest BCUT2D eigenvalue weighted by Gasteiger charge is -2.12. The molecule has 6 heteroatoms. The van der Waals surface area contributed by atoms with Gasteiger partial charge < -0.3 is 9.47 Å². The first-order valence-corrected chi connectivity index (χ1v) is 7.39. The summed E-state index contributed by atoms with van der Waals surface area (Å²) in [4.78, 5) is 15.6. The number of aryl methyl sites for hydroxylation is 1. The maximum Gasteiger partial charge on any atom is 0.308 e. The quantitative estimate of drug-likeness (QED) is 0.493. The number of methoxy groups -OCH3 is 1. The largest absolute Gasteiger partial charge is 0.493 e. The molecular weight excluding hydrogens is 288 g/mol. The second kappa shape index (κ2) is 6.02. The summed E-state index contributed by atoms with van der Waals surface area (Å²) in [5.41, 5.74) is 2.05. The summed E-state index contributed by atoms with van der Waals surface area (Å²) in [6, 6.07) is 5.57. The maximum absolute atomic E-state index is 11.2. The fraction of sp³-hybridized carbons (Fsp3) is 0.267. The monoisotopic (exact) mass is 302 g/mol. The first-order chi connectivity index (χ1) is 10.0. The van der Waals surface area contributed by atoms with E-state index in [9.17, 15) is 10.1 Å². The molecule has 0 N–H and O–H groups in total. The highest BCUT2D eigenvalue weighted by molar-refractivity contribution is 7.98. The first kappa shape index (κ1) is 15.1. The van der Waals surface area contributed by atoms with Crippen molar-refractivity contribution in [2.75, 3.05) is 13.4 Å². The van der Waals surface area contributed by atoms with Crippen LogP contribution in [0.3, 0.4) is 0 Å². The Morgan fingerprint density at radius 1 is 1.38 bits per heavy atom. The van der Waals surface area contributed by atoms with E-state index in [0.717, 1.165) is 10.9 Å². The van der Waals surface area contributed by atoms with Gasteiger partial charge in [-0.1, -0.05) is 0 Å². The molecule has 0 radical (unpaired) electrons. The first-order valence-electron chi connectivity index (χ1n) is 6.16. The predicted molar refractivity (Wildman–Crippen MR) is 80.8 cm³/mol. The van der Waals surface area contributed by atoms with E-state index in [0.29, 0.717) is 27.6 Å². The summed E-state index contributed by atoms with van der Waals surface area (Å²) in [6.45, 7) is 3.20. The van der Waals surface area contributed by atoms with Crippen LogP contribution < -0.4 is 9.47 Å². The van der Waals surface area contributed by atoms with E-state index >= 15 is 0 Å². The standard InChI is InChI=1S/C15H14N2O3S/c1-8-10-5-13(19-3)14(20-9(2)18)6-12(10)17-15(21-4)11(8)7-16/h5-6H,1-4H3. The minimum Gasteiger partial charge on any atom is -0.493 e. The van der Waals surface area contributed by atoms with E-state index in [1.165, 1.54) is 25.8 Å². The summed E-state index contributed by atoms with van der Waals surface area (Å²) in [5, 5.41) is 10.7. The molecule has 0 saturated heterocycles. The molecule has 0 fully saturated rings. The van der Waals surface area contributed by atoms with Gasteiger partial charge in [-0.25, -0.2) is 4.98 Å². The number of aromatic nitrogens is 1. The van der Waals surface area contributed by atoms with Gasteiger partial charge in [0.25, 0.3) is 0 Å². The highest BCUT2D eigenvalue weighted by atomic mass is 32.2. The Balaban J connectivity index is 2.78. The van der Waals surface area contributed by atoms with Crippen LogP contribution >= 0.6 is 11.8 Å². The van der Waals surface area contributed by atoms with Crippen molar-refractivity contribution in [2.24, 2.45) is 0 Å². The number of hydrogen-bond acceptors (Lipinski definition) is 6. The van der Waals surface area contributed by atoms with Gasteiger partial charge in [0.1, 0.15) is 11.1 Å². The third-order valence-electron chi connectivity index (χ3n) is 3.06. The average Bonchev–Trinajstić information content (AvgIpc) is 2.45. The van der Waals surface area contributed by atoms with Crippen LogP contribution in [0.15, 0.2) is 17.2 Å². The Kier molecular flexibility index (Phi) is 4.34. The molecule has 108 valence electrons. The molecule has 0 spiro atoms. The number of rotatable bonds is 3. The summed E-state index contributed by atoms with van der Waals surface area (Å²) < 4.78 is 10.4. The molecule has 1 aromatic heterocycles. The lowest BCUT2D eigenvalue weighted by atomic mass is 10.1. The van der Waals surface area contributed by atoms with Gasteiger partial charge >= 0.3 is 5.97 Å². The van der Waals surface area contributed by atoms with E-state index < -0.39 is 5.97 Å². The topological polar surface area (TPSA) is 72.2 Å². The zero-order valence-corrected chi connectivity index (χ0v) is 13.0. The summed E-state index contributed by atoms with van der Waals surface area (Å²) in [5.74, 6) is 0.327. The molecule has 0 unspecified atom stereocenters. The minimum absolute atomic E-state index is 0.321. The van der Waals surface area contributed by atoms with E-state index in [-0.39, 0.29) is 0 Å². The van der Waals surface area contributed by atoms with Gasteiger partial charge in [0, 0.05) is 18.4 Å². The summed E-state index contributed by atoms with van der Waals surface area (Å²) >= 11 is 1.41. The molecule has 2 aromatic rings. The van der Waals surface area contributed by atoms with Crippen molar-refractivity contribution >= 4 is 28.6 Å². The number of hydrogen-bond donors (Lipinski definition) is 0. The normalized spacial score (nSPS) is 10.2. The number of thioether (sulfide) groups is 1. The van der Waals surface area contributed by atoms with Crippen molar-refractivity contribution in [1.82, 2.24) is 4.98 Å². The highest BCUT2D eigenvalue weighted by Gasteiger charge is 2.16. The second-order valence-electron chi connectivity index (χ2n) is 4.35. The molecule has 0 bridgehead atoms. The number of carbonyl (C=O) groups excluding carboxylic acids is 1. The van der Waals surface area contributed by atoms with Crippen LogP contribution in [0.2, 0.25) is 0 Å². The van der Waals surface area contributed by atoms with Crippen molar-refractivity contribution in [1.29, 1.82) is 5.26 Å².